The normalized spacial score (nSPS) is 10.5. The van der Waals surface area contributed by atoms with E-state index < -0.39 is 5.97 Å². The molecular formula is C13H12FNO2S2. The van der Waals surface area contributed by atoms with Gasteiger partial charge in [0.05, 0.1) is 12.2 Å². The number of ether oxygens (including phenoxy) is 1. The fourth-order valence-electron chi connectivity index (χ4n) is 1.57. The molecule has 0 aliphatic rings. The lowest BCUT2D eigenvalue weighted by atomic mass is 10.2. The van der Waals surface area contributed by atoms with Crippen LogP contribution in [0.4, 0.5) is 4.39 Å². The third-order valence-electron chi connectivity index (χ3n) is 2.40. The quantitative estimate of drug-likeness (QED) is 0.635. The Bertz CT molecular complexity index is 598. The molecule has 1 aromatic heterocycles. The molecule has 0 N–H and O–H groups in total. The number of halogens is 1. The molecule has 1 aromatic carbocycles. The van der Waals surface area contributed by atoms with Crippen LogP contribution in [-0.2, 0) is 4.74 Å². The summed E-state index contributed by atoms with van der Waals surface area (Å²) < 4.78 is 18.8. The summed E-state index contributed by atoms with van der Waals surface area (Å²) in [6.45, 7) is 2.02. The molecule has 0 spiro atoms. The summed E-state index contributed by atoms with van der Waals surface area (Å²) >= 11 is 2.68. The Balaban J connectivity index is 2.41. The monoisotopic (exact) mass is 297 g/mol. The average molecular weight is 297 g/mol. The van der Waals surface area contributed by atoms with Crippen LogP contribution in [0.5, 0.6) is 0 Å². The number of rotatable bonds is 4. The van der Waals surface area contributed by atoms with Crippen molar-refractivity contribution in [3.63, 3.8) is 0 Å². The number of hydrogen-bond donors (Lipinski definition) is 0. The molecule has 19 heavy (non-hydrogen) atoms. The van der Waals surface area contributed by atoms with Crippen molar-refractivity contribution >= 4 is 29.1 Å². The minimum absolute atomic E-state index is 0.220. The maximum Gasteiger partial charge on any atom is 0.357 e. The van der Waals surface area contributed by atoms with Crippen LogP contribution < -0.4 is 0 Å². The first kappa shape index (κ1) is 14.0. The Morgan fingerprint density at radius 1 is 1.53 bits per heavy atom. The maximum atomic E-state index is 13.9. The van der Waals surface area contributed by atoms with E-state index in [0.717, 1.165) is 4.90 Å². The van der Waals surface area contributed by atoms with Crippen molar-refractivity contribution in [3.05, 3.63) is 35.1 Å². The molecule has 1 heterocycles. The van der Waals surface area contributed by atoms with E-state index in [-0.39, 0.29) is 11.5 Å². The Morgan fingerprint density at radius 2 is 2.32 bits per heavy atom. The lowest BCUT2D eigenvalue weighted by Crippen LogP contribution is -2.04. The second-order valence-electron chi connectivity index (χ2n) is 3.58. The summed E-state index contributed by atoms with van der Waals surface area (Å²) in [6, 6.07) is 4.87. The summed E-state index contributed by atoms with van der Waals surface area (Å²) in [5.74, 6) is -0.816. The van der Waals surface area contributed by atoms with Gasteiger partial charge in [-0.3, -0.25) is 0 Å². The smallest absolute Gasteiger partial charge is 0.357 e. The molecule has 0 atom stereocenters. The van der Waals surface area contributed by atoms with Gasteiger partial charge in [-0.25, -0.2) is 14.2 Å². The van der Waals surface area contributed by atoms with E-state index in [2.05, 4.69) is 4.98 Å². The van der Waals surface area contributed by atoms with Gasteiger partial charge in [0.15, 0.2) is 5.69 Å². The van der Waals surface area contributed by atoms with Gasteiger partial charge >= 0.3 is 5.97 Å². The Morgan fingerprint density at radius 3 is 3.00 bits per heavy atom. The van der Waals surface area contributed by atoms with Crippen LogP contribution >= 0.6 is 23.1 Å². The summed E-state index contributed by atoms with van der Waals surface area (Å²) in [7, 11) is 0. The van der Waals surface area contributed by atoms with Crippen molar-refractivity contribution in [1.82, 2.24) is 4.98 Å². The fourth-order valence-corrected chi connectivity index (χ4v) is 3.10. The SMILES string of the molecule is CCOC(=O)c1csc(-c2c(F)cccc2SC)n1. The van der Waals surface area contributed by atoms with Crippen molar-refractivity contribution in [3.8, 4) is 10.6 Å². The highest BCUT2D eigenvalue weighted by atomic mass is 32.2. The summed E-state index contributed by atoms with van der Waals surface area (Å²) in [6.07, 6.45) is 1.87. The van der Waals surface area contributed by atoms with Crippen molar-refractivity contribution in [2.24, 2.45) is 0 Å². The maximum absolute atomic E-state index is 13.9. The van der Waals surface area contributed by atoms with Crippen molar-refractivity contribution in [2.45, 2.75) is 11.8 Å². The molecule has 2 rings (SSSR count). The number of aromatic nitrogens is 1. The minimum atomic E-state index is -0.480. The molecule has 0 fully saturated rings. The highest BCUT2D eigenvalue weighted by Gasteiger charge is 2.17. The zero-order valence-corrected chi connectivity index (χ0v) is 12.1. The van der Waals surface area contributed by atoms with Gasteiger partial charge in [-0.2, -0.15) is 0 Å². The predicted molar refractivity (Wildman–Crippen MR) is 75.2 cm³/mol. The van der Waals surface area contributed by atoms with Gasteiger partial charge in [0.2, 0.25) is 0 Å². The number of nitrogens with zero attached hydrogens (tertiary/aromatic N) is 1. The molecule has 100 valence electrons. The van der Waals surface area contributed by atoms with Crippen molar-refractivity contribution in [2.75, 3.05) is 12.9 Å². The van der Waals surface area contributed by atoms with Crippen LogP contribution in [0.1, 0.15) is 17.4 Å². The van der Waals surface area contributed by atoms with E-state index >= 15 is 0 Å². The Labute approximate surface area is 118 Å². The molecule has 0 unspecified atom stereocenters. The lowest BCUT2D eigenvalue weighted by molar-refractivity contribution is 0.0520. The second-order valence-corrected chi connectivity index (χ2v) is 5.28. The molecule has 0 saturated carbocycles. The average Bonchev–Trinajstić information content (AvgIpc) is 2.88. The van der Waals surface area contributed by atoms with Gasteiger partial charge < -0.3 is 4.74 Å². The molecule has 2 aromatic rings. The lowest BCUT2D eigenvalue weighted by Gasteiger charge is -2.05. The first-order chi connectivity index (χ1) is 9.17. The molecule has 0 bridgehead atoms. The molecule has 0 radical (unpaired) electrons. The number of carbonyl (C=O) groups excluding carboxylic acids is 1. The Kier molecular flexibility index (Phi) is 4.55. The second kappa shape index (κ2) is 6.16. The third kappa shape index (κ3) is 2.96. The number of carbonyl (C=O) groups is 1. The summed E-state index contributed by atoms with van der Waals surface area (Å²) in [4.78, 5) is 16.5. The summed E-state index contributed by atoms with van der Waals surface area (Å²) in [5.41, 5.74) is 0.660. The first-order valence-corrected chi connectivity index (χ1v) is 7.73. The molecule has 0 amide bonds. The minimum Gasteiger partial charge on any atom is -0.461 e. The number of thiazole rings is 1. The van der Waals surface area contributed by atoms with E-state index in [9.17, 15) is 9.18 Å². The van der Waals surface area contributed by atoms with Crippen LogP contribution in [0.25, 0.3) is 10.6 Å². The molecular weight excluding hydrogens is 285 g/mol. The number of thioether (sulfide) groups is 1. The molecule has 0 aliphatic carbocycles. The standard InChI is InChI=1S/C13H12FNO2S2/c1-3-17-13(16)9-7-19-12(15-9)11-8(14)5-4-6-10(11)18-2/h4-7H,3H2,1-2H3. The van der Waals surface area contributed by atoms with Gasteiger partial charge in [-0.1, -0.05) is 6.07 Å². The highest BCUT2D eigenvalue weighted by molar-refractivity contribution is 7.98. The van der Waals surface area contributed by atoms with E-state index in [1.807, 2.05) is 12.3 Å². The third-order valence-corrected chi connectivity index (χ3v) is 4.04. The molecule has 0 saturated heterocycles. The van der Waals surface area contributed by atoms with Gasteiger partial charge in [0.25, 0.3) is 0 Å². The van der Waals surface area contributed by atoms with E-state index in [0.29, 0.717) is 17.2 Å². The number of hydrogen-bond acceptors (Lipinski definition) is 5. The van der Waals surface area contributed by atoms with Crippen LogP contribution in [0, 0.1) is 5.82 Å². The van der Waals surface area contributed by atoms with Crippen molar-refractivity contribution in [1.29, 1.82) is 0 Å². The van der Waals surface area contributed by atoms with E-state index in [1.54, 1.807) is 18.4 Å². The largest absolute Gasteiger partial charge is 0.461 e. The molecule has 3 nitrogen and oxygen atoms in total. The van der Waals surface area contributed by atoms with E-state index in [1.165, 1.54) is 29.2 Å². The van der Waals surface area contributed by atoms with E-state index in [4.69, 9.17) is 4.74 Å². The van der Waals surface area contributed by atoms with Crippen LogP contribution in [0.15, 0.2) is 28.5 Å². The van der Waals surface area contributed by atoms with Gasteiger partial charge in [-0.05, 0) is 25.3 Å². The van der Waals surface area contributed by atoms with Crippen LogP contribution in [-0.4, -0.2) is 23.8 Å². The van der Waals surface area contributed by atoms with Gasteiger partial charge in [0, 0.05) is 10.3 Å². The van der Waals surface area contributed by atoms with Crippen LogP contribution in [0.3, 0.4) is 0 Å². The van der Waals surface area contributed by atoms with Crippen LogP contribution in [0.2, 0.25) is 0 Å². The predicted octanol–water partition coefficient (Wildman–Crippen LogP) is 3.85. The summed E-state index contributed by atoms with van der Waals surface area (Å²) in [5, 5.41) is 2.08. The number of esters is 1. The zero-order valence-electron chi connectivity index (χ0n) is 10.5. The molecule has 0 aliphatic heterocycles. The fraction of sp³-hybridized carbons (Fsp3) is 0.231. The zero-order chi connectivity index (χ0) is 13.8. The number of benzene rings is 1. The molecule has 6 heteroatoms. The highest BCUT2D eigenvalue weighted by Crippen LogP contribution is 2.34. The first-order valence-electron chi connectivity index (χ1n) is 5.63. The Hall–Kier alpha value is -1.40. The topological polar surface area (TPSA) is 39.2 Å². The van der Waals surface area contributed by atoms with Gasteiger partial charge in [-0.15, -0.1) is 23.1 Å². The van der Waals surface area contributed by atoms with Gasteiger partial charge in [0.1, 0.15) is 10.8 Å². The van der Waals surface area contributed by atoms with Crippen molar-refractivity contribution < 1.29 is 13.9 Å².